The predicted molar refractivity (Wildman–Crippen MR) is 137 cm³/mol. The van der Waals surface area contributed by atoms with Gasteiger partial charge in [-0.25, -0.2) is 4.98 Å². The average Bonchev–Trinajstić information content (AvgIpc) is 3.23. The lowest BCUT2D eigenvalue weighted by Gasteiger charge is -2.18. The second-order valence-corrected chi connectivity index (χ2v) is 8.45. The molecule has 0 saturated carbocycles. The highest BCUT2D eigenvalue weighted by molar-refractivity contribution is 6.35. The van der Waals surface area contributed by atoms with Gasteiger partial charge in [-0.05, 0) is 43.3 Å². The van der Waals surface area contributed by atoms with Gasteiger partial charge in [-0.1, -0.05) is 23.2 Å². The molecule has 0 bridgehead atoms. The second kappa shape index (κ2) is 10.3. The highest BCUT2D eigenvalue weighted by atomic mass is 35.5. The minimum atomic E-state index is -0.441. The van der Waals surface area contributed by atoms with Gasteiger partial charge in [0.25, 0.3) is 0 Å². The van der Waals surface area contributed by atoms with Crippen LogP contribution in [0.5, 0.6) is 5.75 Å². The lowest BCUT2D eigenvalue weighted by Crippen LogP contribution is -2.09. The maximum Gasteiger partial charge on any atom is 0.157 e. The fourth-order valence-corrected chi connectivity index (χ4v) is 4.23. The molecule has 0 radical (unpaired) electrons. The number of halogens is 2. The molecule has 1 unspecified atom stereocenters. The van der Waals surface area contributed by atoms with Crippen LogP contribution in [0.25, 0.3) is 11.0 Å². The first-order valence-electron chi connectivity index (χ1n) is 10.5. The molecule has 0 aliphatic carbocycles. The van der Waals surface area contributed by atoms with Crippen molar-refractivity contribution in [3.8, 4) is 5.75 Å². The number of nitrogens with one attached hydrogen (secondary N) is 3. The van der Waals surface area contributed by atoms with Gasteiger partial charge in [0.15, 0.2) is 5.82 Å². The van der Waals surface area contributed by atoms with Gasteiger partial charge in [0, 0.05) is 48.5 Å². The van der Waals surface area contributed by atoms with Gasteiger partial charge >= 0.3 is 0 Å². The van der Waals surface area contributed by atoms with E-state index in [1.54, 1.807) is 25.3 Å². The second-order valence-electron chi connectivity index (χ2n) is 7.64. The molecule has 0 spiro atoms. The summed E-state index contributed by atoms with van der Waals surface area (Å²) in [6, 6.07) is 10.9. The zero-order chi connectivity index (χ0) is 24.2. The topological polar surface area (TPSA) is 122 Å². The number of rotatable bonds is 9. The highest BCUT2D eigenvalue weighted by Crippen LogP contribution is 2.33. The number of imidazole rings is 1. The van der Waals surface area contributed by atoms with Gasteiger partial charge < -0.3 is 25.5 Å². The first-order chi connectivity index (χ1) is 16.4. The number of anilines is 2. The Hall–Kier alpha value is -3.33. The quantitative estimate of drug-likeness (QED) is 0.138. The van der Waals surface area contributed by atoms with Crippen molar-refractivity contribution in [3.63, 3.8) is 0 Å². The number of hydrogen-bond donors (Lipinski definition) is 4. The molecule has 0 aliphatic rings. The highest BCUT2D eigenvalue weighted by Gasteiger charge is 2.18. The van der Waals surface area contributed by atoms with Crippen LogP contribution in [0.3, 0.4) is 0 Å². The Morgan fingerprint density at radius 2 is 1.94 bits per heavy atom. The largest absolute Gasteiger partial charge is 0.486 e. The van der Waals surface area contributed by atoms with Crippen molar-refractivity contribution >= 4 is 51.3 Å². The minimum Gasteiger partial charge on any atom is -0.486 e. The Morgan fingerprint density at radius 3 is 2.68 bits per heavy atom. The van der Waals surface area contributed by atoms with E-state index < -0.39 is 6.10 Å². The number of methoxy groups -OCH3 is 1. The first-order valence-corrected chi connectivity index (χ1v) is 11.3. The first kappa shape index (κ1) is 23.8. The molecule has 1 atom stereocenters. The number of ether oxygens (including phenoxy) is 2. The summed E-state index contributed by atoms with van der Waals surface area (Å²) in [4.78, 5) is 11.7. The van der Waals surface area contributed by atoms with Crippen LogP contribution in [0.1, 0.15) is 30.0 Å². The van der Waals surface area contributed by atoms with Crippen molar-refractivity contribution < 1.29 is 9.47 Å². The van der Waals surface area contributed by atoms with Gasteiger partial charge in [-0.2, -0.15) is 0 Å². The van der Waals surface area contributed by atoms with Crippen molar-refractivity contribution in [3.05, 3.63) is 75.8 Å². The van der Waals surface area contributed by atoms with Gasteiger partial charge in [0.2, 0.25) is 0 Å². The van der Waals surface area contributed by atoms with Crippen LogP contribution in [-0.4, -0.2) is 40.9 Å². The molecule has 0 aliphatic heterocycles. The van der Waals surface area contributed by atoms with E-state index in [1.807, 2.05) is 25.1 Å². The molecule has 4 aromatic rings. The SMILES string of the molecule is COCCNc1ccc2nc(C(=N)c3cc(OC(C)c4c(Cl)cncc4Cl)ccc3N)[nH]c2c1. The zero-order valence-corrected chi connectivity index (χ0v) is 20.2. The van der Waals surface area contributed by atoms with E-state index in [9.17, 15) is 0 Å². The molecular weight excluding hydrogens is 475 g/mol. The molecule has 2 aromatic heterocycles. The third kappa shape index (κ3) is 5.09. The molecular formula is C24H24Cl2N6O2. The van der Waals surface area contributed by atoms with Gasteiger partial charge in [-0.15, -0.1) is 0 Å². The molecule has 0 fully saturated rings. The third-order valence-electron chi connectivity index (χ3n) is 5.26. The van der Waals surface area contributed by atoms with Crippen LogP contribution in [0, 0.1) is 5.41 Å². The number of fused-ring (bicyclic) bond motifs is 1. The number of nitrogens with two attached hydrogens (primary N) is 1. The van der Waals surface area contributed by atoms with E-state index in [0.29, 0.717) is 51.6 Å². The number of H-pyrrole nitrogens is 1. The van der Waals surface area contributed by atoms with Crippen LogP contribution >= 0.6 is 23.2 Å². The van der Waals surface area contributed by atoms with E-state index in [0.717, 1.165) is 16.7 Å². The van der Waals surface area contributed by atoms with Gasteiger partial charge in [0.1, 0.15) is 17.6 Å². The molecule has 8 nitrogen and oxygen atoms in total. The van der Waals surface area contributed by atoms with Crippen molar-refractivity contribution in [1.29, 1.82) is 5.41 Å². The lowest BCUT2D eigenvalue weighted by molar-refractivity contribution is 0.211. The summed E-state index contributed by atoms with van der Waals surface area (Å²) in [7, 11) is 1.66. The summed E-state index contributed by atoms with van der Waals surface area (Å²) >= 11 is 12.5. The Morgan fingerprint density at radius 1 is 1.18 bits per heavy atom. The number of nitrogen functional groups attached to an aromatic ring is 1. The molecule has 4 rings (SSSR count). The molecule has 2 heterocycles. The molecule has 0 amide bonds. The lowest BCUT2D eigenvalue weighted by atomic mass is 10.1. The normalized spacial score (nSPS) is 12.0. The number of hydrogen-bond acceptors (Lipinski definition) is 7. The van der Waals surface area contributed by atoms with Crippen LogP contribution < -0.4 is 15.8 Å². The Kier molecular flexibility index (Phi) is 7.21. The molecule has 10 heteroatoms. The molecule has 176 valence electrons. The summed E-state index contributed by atoms with van der Waals surface area (Å²) in [6.45, 7) is 3.13. The van der Waals surface area contributed by atoms with Gasteiger partial charge in [-0.3, -0.25) is 10.4 Å². The average molecular weight is 499 g/mol. The molecule has 34 heavy (non-hydrogen) atoms. The number of pyridine rings is 1. The van der Waals surface area contributed by atoms with E-state index in [1.165, 1.54) is 12.4 Å². The van der Waals surface area contributed by atoms with Gasteiger partial charge in [0.05, 0.1) is 27.7 Å². The van der Waals surface area contributed by atoms with E-state index in [2.05, 4.69) is 20.3 Å². The van der Waals surface area contributed by atoms with Crippen LogP contribution in [-0.2, 0) is 4.74 Å². The Balaban J connectivity index is 1.57. The fourth-order valence-electron chi connectivity index (χ4n) is 3.56. The molecule has 5 N–H and O–H groups in total. The van der Waals surface area contributed by atoms with Crippen LogP contribution in [0.4, 0.5) is 11.4 Å². The van der Waals surface area contributed by atoms with E-state index in [-0.39, 0.29) is 5.71 Å². The van der Waals surface area contributed by atoms with Crippen LogP contribution in [0.2, 0.25) is 10.0 Å². The number of nitrogens with zero attached hydrogens (tertiary/aromatic N) is 2. The van der Waals surface area contributed by atoms with Crippen LogP contribution in [0.15, 0.2) is 48.8 Å². The summed E-state index contributed by atoms with van der Waals surface area (Å²) < 4.78 is 11.1. The number of benzene rings is 2. The number of aromatic nitrogens is 3. The maximum atomic E-state index is 8.73. The Bertz CT molecular complexity index is 1320. The van der Waals surface area contributed by atoms with Crippen molar-refractivity contribution in [1.82, 2.24) is 15.0 Å². The minimum absolute atomic E-state index is 0.153. The van der Waals surface area contributed by atoms with Crippen molar-refractivity contribution in [2.45, 2.75) is 13.0 Å². The summed E-state index contributed by atoms with van der Waals surface area (Å²) in [5, 5.41) is 12.8. The Labute approximate surface area is 206 Å². The molecule has 2 aromatic carbocycles. The van der Waals surface area contributed by atoms with E-state index in [4.69, 9.17) is 43.8 Å². The zero-order valence-electron chi connectivity index (χ0n) is 18.7. The van der Waals surface area contributed by atoms with Crippen molar-refractivity contribution in [2.24, 2.45) is 0 Å². The predicted octanol–water partition coefficient (Wildman–Crippen LogP) is 5.46. The summed E-state index contributed by atoms with van der Waals surface area (Å²) in [6.07, 6.45) is 2.60. The van der Waals surface area contributed by atoms with Crippen molar-refractivity contribution in [2.75, 3.05) is 31.3 Å². The summed E-state index contributed by atoms with van der Waals surface area (Å²) in [5.74, 6) is 0.923. The monoisotopic (exact) mass is 498 g/mol. The number of aromatic amines is 1. The van der Waals surface area contributed by atoms with E-state index >= 15 is 0 Å². The standard InChI is InChI=1S/C24H24Cl2N6O2/c1-13(22-17(25)11-29-12-18(22)26)34-15-4-5-19(27)16(10-15)23(28)24-31-20-6-3-14(9-21(20)32-24)30-7-8-33-2/h3-6,9-13,28,30H,7-8,27H2,1-2H3,(H,31,32). The molecule has 0 saturated heterocycles. The fraction of sp³-hybridized carbons (Fsp3) is 0.208. The summed E-state index contributed by atoms with van der Waals surface area (Å²) in [5.41, 5.74) is 10.4. The smallest absolute Gasteiger partial charge is 0.157 e. The third-order valence-corrected chi connectivity index (χ3v) is 5.86. The maximum absolute atomic E-state index is 8.73.